The Labute approximate surface area is 102 Å². The van der Waals surface area contributed by atoms with Crippen LogP contribution in [0, 0.1) is 0 Å². The lowest BCUT2D eigenvalue weighted by atomic mass is 10.1. The zero-order valence-electron chi connectivity index (χ0n) is 7.86. The molecule has 88 valence electrons. The maximum absolute atomic E-state index is 12.6. The first-order chi connectivity index (χ1) is 7.27. The van der Waals surface area contributed by atoms with Gasteiger partial charge in [0, 0.05) is 4.47 Å². The molecule has 1 aromatic rings. The quantitative estimate of drug-likeness (QED) is 0.774. The Morgan fingerprint density at radius 1 is 1.44 bits per heavy atom. The molecule has 0 spiro atoms. The van der Waals surface area contributed by atoms with Gasteiger partial charge in [-0.2, -0.15) is 13.2 Å². The van der Waals surface area contributed by atoms with Gasteiger partial charge in [0.2, 0.25) is 0 Å². The van der Waals surface area contributed by atoms with E-state index in [4.69, 9.17) is 11.6 Å². The molecule has 0 atom stereocenters. The van der Waals surface area contributed by atoms with Crippen molar-refractivity contribution in [3.63, 3.8) is 0 Å². The summed E-state index contributed by atoms with van der Waals surface area (Å²) in [4.78, 5) is 10.9. The van der Waals surface area contributed by atoms with Gasteiger partial charge in [-0.05, 0) is 39.7 Å². The second-order valence-corrected chi connectivity index (χ2v) is 4.00. The molecule has 1 rings (SSSR count). The Hall–Kier alpha value is -0.750. The highest BCUT2D eigenvalue weighted by Crippen LogP contribution is 2.38. The van der Waals surface area contributed by atoms with Crippen LogP contribution in [0.3, 0.4) is 0 Å². The van der Waals surface area contributed by atoms with Crippen LogP contribution >= 0.6 is 27.5 Å². The van der Waals surface area contributed by atoms with Crippen molar-refractivity contribution in [3.05, 3.63) is 27.7 Å². The van der Waals surface area contributed by atoms with Gasteiger partial charge in [0.05, 0.1) is 18.2 Å². The van der Waals surface area contributed by atoms with Gasteiger partial charge in [-0.15, -0.1) is 0 Å². The molecule has 0 N–H and O–H groups in total. The van der Waals surface area contributed by atoms with Crippen LogP contribution in [-0.4, -0.2) is 12.4 Å². The largest absolute Gasteiger partial charge is 0.497 e. The summed E-state index contributed by atoms with van der Waals surface area (Å²) in [7, 11) is 1.23. The van der Waals surface area contributed by atoms with Gasteiger partial charge in [-0.25, -0.2) is 0 Å². The third-order valence-electron chi connectivity index (χ3n) is 1.80. The van der Waals surface area contributed by atoms with Gasteiger partial charge < -0.3 is 4.74 Å². The molecular weight excluding hydrogens is 312 g/mol. The van der Waals surface area contributed by atoms with E-state index >= 15 is 0 Å². The third-order valence-corrected chi connectivity index (χ3v) is 2.62. The van der Waals surface area contributed by atoms with Crippen molar-refractivity contribution in [1.82, 2.24) is 0 Å². The summed E-state index contributed by atoms with van der Waals surface area (Å²) in [6, 6.07) is 1.96. The second-order valence-electron chi connectivity index (χ2n) is 2.80. The van der Waals surface area contributed by atoms with Crippen LogP contribution in [0.25, 0.3) is 0 Å². The molecule has 2 nitrogen and oxygen atoms in total. The fraction of sp³-hybridized carbons (Fsp3) is 0.222. The number of hydrogen-bond donors (Lipinski definition) is 0. The van der Waals surface area contributed by atoms with Crippen molar-refractivity contribution in [3.8, 4) is 5.75 Å². The van der Waals surface area contributed by atoms with Gasteiger partial charge >= 0.3 is 6.18 Å². The molecular formula is C9H5BrClF3O2. The van der Waals surface area contributed by atoms with Crippen LogP contribution < -0.4 is 4.74 Å². The van der Waals surface area contributed by atoms with Gasteiger partial charge in [-0.1, -0.05) is 0 Å². The number of benzene rings is 1. The topological polar surface area (TPSA) is 26.3 Å². The standard InChI is InChI=1S/C9H5BrClF3O2/c1-16-4-2-5(9(12,13)14)7(8(11)15)6(10)3-4/h2-3H,1H3. The Morgan fingerprint density at radius 3 is 2.38 bits per heavy atom. The van der Waals surface area contributed by atoms with E-state index in [0.717, 1.165) is 6.07 Å². The number of methoxy groups -OCH3 is 1. The van der Waals surface area contributed by atoms with Crippen LogP contribution in [0.2, 0.25) is 0 Å². The number of rotatable bonds is 2. The van der Waals surface area contributed by atoms with E-state index in [9.17, 15) is 18.0 Å². The summed E-state index contributed by atoms with van der Waals surface area (Å²) in [6.07, 6.45) is -4.67. The van der Waals surface area contributed by atoms with Crippen molar-refractivity contribution in [2.24, 2.45) is 0 Å². The molecule has 0 heterocycles. The van der Waals surface area contributed by atoms with Crippen molar-refractivity contribution in [2.75, 3.05) is 7.11 Å². The van der Waals surface area contributed by atoms with E-state index in [2.05, 4.69) is 20.7 Å². The van der Waals surface area contributed by atoms with E-state index in [1.165, 1.54) is 13.2 Å². The number of hydrogen-bond acceptors (Lipinski definition) is 2. The number of alkyl halides is 3. The molecule has 0 aliphatic heterocycles. The first kappa shape index (κ1) is 13.3. The van der Waals surface area contributed by atoms with Gasteiger partial charge in [0.25, 0.3) is 5.24 Å². The summed E-state index contributed by atoms with van der Waals surface area (Å²) in [5, 5.41) is -1.18. The molecule has 0 aliphatic carbocycles. The van der Waals surface area contributed by atoms with Crippen LogP contribution in [0.15, 0.2) is 16.6 Å². The summed E-state index contributed by atoms with van der Waals surface area (Å²) >= 11 is 7.95. The molecule has 0 bridgehead atoms. The maximum atomic E-state index is 12.6. The van der Waals surface area contributed by atoms with Crippen molar-refractivity contribution < 1.29 is 22.7 Å². The molecule has 0 aliphatic rings. The highest BCUT2D eigenvalue weighted by molar-refractivity contribution is 9.10. The predicted molar refractivity (Wildman–Crippen MR) is 55.9 cm³/mol. The highest BCUT2D eigenvalue weighted by atomic mass is 79.9. The average Bonchev–Trinajstić information content (AvgIpc) is 2.14. The smallest absolute Gasteiger partial charge is 0.417 e. The fourth-order valence-corrected chi connectivity index (χ4v) is 2.06. The molecule has 0 amide bonds. The lowest BCUT2D eigenvalue weighted by molar-refractivity contribution is -0.138. The number of carbonyl (C=O) groups excluding carboxylic acids is 1. The van der Waals surface area contributed by atoms with E-state index in [-0.39, 0.29) is 10.2 Å². The summed E-state index contributed by atoms with van der Waals surface area (Å²) in [6.45, 7) is 0. The zero-order valence-corrected chi connectivity index (χ0v) is 10.2. The number of carbonyl (C=O) groups is 1. The molecule has 7 heteroatoms. The molecule has 0 fully saturated rings. The second kappa shape index (κ2) is 4.63. The summed E-state index contributed by atoms with van der Waals surface area (Å²) < 4.78 is 42.5. The van der Waals surface area contributed by atoms with Crippen LogP contribution in [-0.2, 0) is 6.18 Å². The van der Waals surface area contributed by atoms with Gasteiger partial charge in [-0.3, -0.25) is 4.79 Å². The minimum atomic E-state index is -4.67. The summed E-state index contributed by atoms with van der Waals surface area (Å²) in [5.74, 6) is -0.0131. The third kappa shape index (κ3) is 2.68. The Balaban J connectivity index is 3.53. The minimum absolute atomic E-state index is 0.0131. The van der Waals surface area contributed by atoms with Crippen molar-refractivity contribution in [2.45, 2.75) is 6.18 Å². The van der Waals surface area contributed by atoms with Gasteiger partial charge in [0.15, 0.2) is 0 Å². The average molecular weight is 317 g/mol. The molecule has 0 radical (unpaired) electrons. The Morgan fingerprint density at radius 2 is 2.00 bits per heavy atom. The maximum Gasteiger partial charge on any atom is 0.417 e. The fourth-order valence-electron chi connectivity index (χ4n) is 1.12. The normalized spacial score (nSPS) is 11.4. The number of ether oxygens (including phenoxy) is 1. The van der Waals surface area contributed by atoms with E-state index in [1.54, 1.807) is 0 Å². The Bertz CT molecular complexity index is 431. The predicted octanol–water partition coefficient (Wildman–Crippen LogP) is 3.86. The lowest BCUT2D eigenvalue weighted by Crippen LogP contribution is -2.12. The summed E-state index contributed by atoms with van der Waals surface area (Å²) in [5.41, 5.74) is -1.74. The van der Waals surface area contributed by atoms with E-state index in [0.29, 0.717) is 0 Å². The van der Waals surface area contributed by atoms with Crippen molar-refractivity contribution in [1.29, 1.82) is 0 Å². The van der Waals surface area contributed by atoms with E-state index < -0.39 is 22.5 Å². The van der Waals surface area contributed by atoms with Crippen molar-refractivity contribution >= 4 is 32.8 Å². The molecule has 0 unspecified atom stereocenters. The Kier molecular flexibility index (Phi) is 3.85. The first-order valence-electron chi connectivity index (χ1n) is 3.92. The van der Waals surface area contributed by atoms with Crippen LogP contribution in [0.4, 0.5) is 13.2 Å². The monoisotopic (exact) mass is 316 g/mol. The van der Waals surface area contributed by atoms with Crippen LogP contribution in [0.5, 0.6) is 5.75 Å². The SMILES string of the molecule is COc1cc(Br)c(C(=O)Cl)c(C(F)(F)F)c1. The molecule has 0 saturated heterocycles. The molecule has 1 aromatic carbocycles. The molecule has 0 saturated carbocycles. The number of halogens is 5. The zero-order chi connectivity index (χ0) is 12.5. The van der Waals surface area contributed by atoms with Crippen LogP contribution in [0.1, 0.15) is 15.9 Å². The van der Waals surface area contributed by atoms with E-state index in [1.807, 2.05) is 0 Å². The molecule has 16 heavy (non-hydrogen) atoms. The first-order valence-corrected chi connectivity index (χ1v) is 5.09. The van der Waals surface area contributed by atoms with Gasteiger partial charge in [0.1, 0.15) is 5.75 Å². The molecule has 0 aromatic heterocycles. The lowest BCUT2D eigenvalue weighted by Gasteiger charge is -2.13. The minimum Gasteiger partial charge on any atom is -0.497 e. The highest BCUT2D eigenvalue weighted by Gasteiger charge is 2.36.